The Bertz CT molecular complexity index is 20.9. The Morgan fingerprint density at radius 2 is 1.80 bits per heavy atom. The van der Waals surface area contributed by atoms with Crippen LogP contribution in [-0.2, 0) is 4.29 Å². The van der Waals surface area contributed by atoms with E-state index in [0.29, 0.717) is 0 Å². The summed E-state index contributed by atoms with van der Waals surface area (Å²) in [6.45, 7) is 0. The normalized spacial score (nSPS) is 9.60. The van der Waals surface area contributed by atoms with E-state index < -0.39 is 10.8 Å². The summed E-state index contributed by atoms with van der Waals surface area (Å²) in [5.74, 6) is 0. The fourth-order valence-electron chi connectivity index (χ4n) is 0. The summed E-state index contributed by atoms with van der Waals surface area (Å²) >= 11 is 0. The van der Waals surface area contributed by atoms with Crippen molar-refractivity contribution < 1.29 is 24.4 Å². The molecule has 0 aromatic carbocycles. The van der Waals surface area contributed by atoms with Crippen molar-refractivity contribution in [3.63, 3.8) is 0 Å². The van der Waals surface area contributed by atoms with Crippen LogP contribution >= 0.6 is 0 Å². The average Bonchev–Trinajstić information content (AvgIpc) is 1.38. The van der Waals surface area contributed by atoms with E-state index in [0.717, 1.165) is 7.11 Å². The second-order valence-corrected chi connectivity index (χ2v) is 1.03. The molecule has 0 bridgehead atoms. The van der Waals surface area contributed by atoms with Crippen LogP contribution in [0.25, 0.3) is 0 Å². The monoisotopic (exact) mass is 98.0 g/mol. The number of hydrogen-bond donors (Lipinski definition) is 0. The minimum absolute atomic E-state index is 1.07. The standard InChI is InChI=1S/CH3ClO3/c1-5-2(3)4/h1H3. The molecule has 0 unspecified atom stereocenters. The average molecular weight is 98.5 g/mol. The van der Waals surface area contributed by atoms with Gasteiger partial charge in [0.1, 0.15) is 7.11 Å². The van der Waals surface area contributed by atoms with E-state index in [1.165, 1.54) is 0 Å². The third kappa shape index (κ3) is 4.17. The van der Waals surface area contributed by atoms with Crippen molar-refractivity contribution in [3.05, 3.63) is 0 Å². The van der Waals surface area contributed by atoms with Gasteiger partial charge >= 0.3 is 0 Å². The highest BCUT2D eigenvalue weighted by Crippen LogP contribution is 1.61. The van der Waals surface area contributed by atoms with E-state index >= 15 is 0 Å². The molecular weight excluding hydrogens is 95.5 g/mol. The zero-order valence-corrected chi connectivity index (χ0v) is 3.36. The first kappa shape index (κ1) is 5.17. The Morgan fingerprint density at radius 3 is 1.80 bits per heavy atom. The summed E-state index contributed by atoms with van der Waals surface area (Å²) in [4.78, 5) is 0. The largest absolute Gasteiger partial charge is 0.320 e. The third-order valence-corrected chi connectivity index (χ3v) is 0.378. The van der Waals surface area contributed by atoms with Crippen LogP contribution in [0.15, 0.2) is 0 Å². The molecule has 3 nitrogen and oxygen atoms in total. The molecule has 0 fully saturated rings. The maximum Gasteiger partial charge on any atom is 0.285 e. The van der Waals surface area contributed by atoms with E-state index in [4.69, 9.17) is 9.32 Å². The van der Waals surface area contributed by atoms with Gasteiger partial charge in [-0.3, -0.25) is 0 Å². The van der Waals surface area contributed by atoms with Gasteiger partial charge < -0.3 is 9.32 Å². The van der Waals surface area contributed by atoms with E-state index in [9.17, 15) is 0 Å². The first-order valence-corrected chi connectivity index (χ1v) is 1.80. The van der Waals surface area contributed by atoms with Gasteiger partial charge in [-0.25, -0.2) is 0 Å². The van der Waals surface area contributed by atoms with Crippen LogP contribution in [0.5, 0.6) is 0 Å². The number of hydrogen-bond acceptors (Lipinski definition) is 3. The predicted molar refractivity (Wildman–Crippen MR) is 7.01 cm³/mol. The molecule has 5 heavy (non-hydrogen) atoms. The van der Waals surface area contributed by atoms with E-state index in [1.807, 2.05) is 0 Å². The fourth-order valence-corrected chi connectivity index (χ4v) is 0. The molecule has 0 aromatic heterocycles. The molecule has 0 spiro atoms. The van der Waals surface area contributed by atoms with Gasteiger partial charge in [-0.1, -0.05) is 0 Å². The quantitative estimate of drug-likeness (QED) is 0.371. The SMILES string of the molecule is CO[Cl+2]([O-])[O-]. The Balaban J connectivity index is 2.54. The van der Waals surface area contributed by atoms with Gasteiger partial charge in [0.05, 0.1) is 0 Å². The highest BCUT2D eigenvalue weighted by atomic mass is 35.6. The maximum atomic E-state index is 9.11. The second-order valence-electron chi connectivity index (χ2n) is 0.343. The van der Waals surface area contributed by atoms with Crippen molar-refractivity contribution in [1.29, 1.82) is 0 Å². The molecule has 4 heteroatoms. The van der Waals surface area contributed by atoms with E-state index in [1.54, 1.807) is 0 Å². The second kappa shape index (κ2) is 2.41. The maximum absolute atomic E-state index is 9.11. The molecule has 0 aliphatic heterocycles. The van der Waals surface area contributed by atoms with Gasteiger partial charge in [0.15, 0.2) is 0 Å². The highest BCUT2D eigenvalue weighted by molar-refractivity contribution is 3.30. The number of rotatable bonds is 1. The Labute approximate surface area is 32.6 Å². The minimum Gasteiger partial charge on any atom is -0.320 e. The zero-order chi connectivity index (χ0) is 4.28. The van der Waals surface area contributed by atoms with Crippen molar-refractivity contribution in [2.24, 2.45) is 0 Å². The third-order valence-electron chi connectivity index (χ3n) is 0.126. The first-order valence-electron chi connectivity index (χ1n) is 0.871. The molecule has 0 aliphatic rings. The molecule has 0 heterocycles. The van der Waals surface area contributed by atoms with Crippen LogP contribution in [0.1, 0.15) is 0 Å². The summed E-state index contributed by atoms with van der Waals surface area (Å²) in [6.07, 6.45) is 0. The van der Waals surface area contributed by atoms with E-state index in [2.05, 4.69) is 4.29 Å². The van der Waals surface area contributed by atoms with Crippen LogP contribution < -0.4 is 9.32 Å². The zero-order valence-electron chi connectivity index (χ0n) is 2.60. The Morgan fingerprint density at radius 1 is 1.60 bits per heavy atom. The van der Waals surface area contributed by atoms with Crippen molar-refractivity contribution in [1.82, 2.24) is 0 Å². The summed E-state index contributed by atoms with van der Waals surface area (Å²) in [7, 11) is -0.977. The molecule has 0 amide bonds. The molecule has 0 saturated heterocycles. The first-order chi connectivity index (χ1) is 2.27. The van der Waals surface area contributed by atoms with Crippen LogP contribution in [0.4, 0.5) is 0 Å². The van der Waals surface area contributed by atoms with Gasteiger partial charge in [0.2, 0.25) is 0 Å². The lowest BCUT2D eigenvalue weighted by atomic mass is 11.8. The molecule has 0 aromatic rings. The van der Waals surface area contributed by atoms with Gasteiger partial charge in [-0.2, -0.15) is 0 Å². The van der Waals surface area contributed by atoms with Crippen LogP contribution in [0.3, 0.4) is 0 Å². The number of halogens is 1. The van der Waals surface area contributed by atoms with Crippen molar-refractivity contribution >= 4 is 0 Å². The molecule has 0 saturated carbocycles. The topological polar surface area (TPSA) is 55.3 Å². The summed E-state index contributed by atoms with van der Waals surface area (Å²) in [5.41, 5.74) is 0. The van der Waals surface area contributed by atoms with Crippen molar-refractivity contribution in [2.75, 3.05) is 7.11 Å². The lowest BCUT2D eigenvalue weighted by Crippen LogP contribution is -2.32. The highest BCUT2D eigenvalue weighted by Gasteiger charge is 1.92. The van der Waals surface area contributed by atoms with Crippen molar-refractivity contribution in [3.8, 4) is 0 Å². The van der Waals surface area contributed by atoms with Gasteiger partial charge in [-0.05, 0) is 0 Å². The summed E-state index contributed by atoms with van der Waals surface area (Å²) < 4.78 is 21.8. The van der Waals surface area contributed by atoms with Gasteiger partial charge in [0, 0.05) is 4.29 Å². The smallest absolute Gasteiger partial charge is 0.285 e. The molecular formula is CH3ClO3. The lowest BCUT2D eigenvalue weighted by Gasteiger charge is -1.81. The molecule has 0 atom stereocenters. The Kier molecular flexibility index (Phi) is 2.49. The van der Waals surface area contributed by atoms with Crippen molar-refractivity contribution in [2.45, 2.75) is 0 Å². The van der Waals surface area contributed by atoms with Gasteiger partial charge in [-0.15, -0.1) is 0 Å². The fraction of sp³-hybridized carbons (Fsp3) is 1.00. The van der Waals surface area contributed by atoms with E-state index in [-0.39, 0.29) is 0 Å². The molecule has 0 N–H and O–H groups in total. The molecule has 0 rings (SSSR count). The summed E-state index contributed by atoms with van der Waals surface area (Å²) in [6, 6.07) is 0. The minimum atomic E-state index is -2.05. The van der Waals surface area contributed by atoms with Crippen LogP contribution in [0, 0.1) is 10.8 Å². The molecule has 0 aliphatic carbocycles. The summed E-state index contributed by atoms with van der Waals surface area (Å²) in [5, 5.41) is 0. The molecule has 0 radical (unpaired) electrons. The molecule has 32 valence electrons. The predicted octanol–water partition coefficient (Wildman–Crippen LogP) is -2.28. The Hall–Kier alpha value is 0.170. The lowest BCUT2D eigenvalue weighted by molar-refractivity contribution is -1.63. The van der Waals surface area contributed by atoms with Crippen LogP contribution in [0.2, 0.25) is 0 Å². The van der Waals surface area contributed by atoms with Crippen LogP contribution in [-0.4, -0.2) is 7.11 Å². The van der Waals surface area contributed by atoms with Gasteiger partial charge in [0.25, 0.3) is 10.8 Å².